The maximum Gasteiger partial charge on any atom is 0.196 e. The smallest absolute Gasteiger partial charge is 0.196 e. The number of ether oxygens (including phenoxy) is 3. The molecule has 218 valence electrons. The van der Waals surface area contributed by atoms with Crippen molar-refractivity contribution in [1.82, 2.24) is 0 Å². The minimum absolute atomic E-state index is 0.0597. The Morgan fingerprint density at radius 2 is 1.75 bits per heavy atom. The van der Waals surface area contributed by atoms with E-state index in [0.29, 0.717) is 0 Å². The topological polar surface area (TPSA) is 200 Å². The van der Waals surface area contributed by atoms with Gasteiger partial charge in [0.1, 0.15) is 30.2 Å². The highest BCUT2D eigenvalue weighted by Gasteiger charge is 2.60. The number of hydrogen-bond donors (Lipinski definition) is 6. The van der Waals surface area contributed by atoms with E-state index in [2.05, 4.69) is 0 Å². The number of ketones is 3. The van der Waals surface area contributed by atoms with Crippen molar-refractivity contribution >= 4 is 17.3 Å². The van der Waals surface area contributed by atoms with Gasteiger partial charge in [-0.05, 0) is 19.4 Å². The van der Waals surface area contributed by atoms with E-state index in [4.69, 9.17) is 14.2 Å². The predicted molar refractivity (Wildman–Crippen MR) is 130 cm³/mol. The number of carbonyl (C=O) groups excluding carboxylic acids is 3. The van der Waals surface area contributed by atoms with Crippen molar-refractivity contribution in [2.24, 2.45) is 11.8 Å². The number of benzene rings is 1. The van der Waals surface area contributed by atoms with Crippen molar-refractivity contribution in [2.45, 2.75) is 74.5 Å². The standard InChI is InChI=1S/C27H31FO12/c1-9-20(31)25(36)19(28)26(39-9)40-13-7-27(37,14(30)8-29)6-11-16(13)24(35)18-17(22(11)33)21(32)10-4-3-5-12(38-2)15(10)23(18)34/h3-5,9,11,13,16,19-20,22,24-26,29,31,33,35-37H,6-8H2,1-2H3. The van der Waals surface area contributed by atoms with E-state index in [9.17, 15) is 45.0 Å². The summed E-state index contributed by atoms with van der Waals surface area (Å²) in [6.45, 7) is 0.282. The highest BCUT2D eigenvalue weighted by Crippen LogP contribution is 2.51. The second kappa shape index (κ2) is 10.3. The Hall–Kier alpha value is -2.62. The first-order valence-corrected chi connectivity index (χ1v) is 12.9. The fraction of sp³-hybridized carbons (Fsp3) is 0.593. The summed E-state index contributed by atoms with van der Waals surface area (Å²) in [6, 6.07) is 4.31. The normalized spacial score (nSPS) is 41.2. The molecule has 1 aromatic rings. The largest absolute Gasteiger partial charge is 0.496 e. The van der Waals surface area contributed by atoms with Crippen LogP contribution in [0.3, 0.4) is 0 Å². The third-order valence-electron chi connectivity index (χ3n) is 8.63. The SMILES string of the molecule is COc1cccc2c1C(=O)C1=C(C2=O)C(O)C2CC(O)(C(=O)CO)CC(OC3OC(C)C(O)C(O)C3F)C2C1O. The predicted octanol–water partition coefficient (Wildman–Crippen LogP) is -1.39. The zero-order valence-electron chi connectivity index (χ0n) is 21.6. The molecule has 0 amide bonds. The van der Waals surface area contributed by atoms with Crippen molar-refractivity contribution in [3.05, 3.63) is 40.5 Å². The molecule has 1 aromatic carbocycles. The van der Waals surface area contributed by atoms with E-state index in [1.165, 1.54) is 32.2 Å². The maximum atomic E-state index is 15.0. The molecule has 0 radical (unpaired) electrons. The Morgan fingerprint density at radius 1 is 1.07 bits per heavy atom. The highest BCUT2D eigenvalue weighted by molar-refractivity contribution is 6.28. The Morgan fingerprint density at radius 3 is 2.40 bits per heavy atom. The van der Waals surface area contributed by atoms with Gasteiger partial charge in [0.15, 0.2) is 29.8 Å². The molecule has 0 spiro atoms. The van der Waals surface area contributed by atoms with Crippen LogP contribution in [-0.4, -0.2) is 116 Å². The lowest BCUT2D eigenvalue weighted by molar-refractivity contribution is -0.306. The molecule has 1 aliphatic heterocycles. The number of hydrogen-bond acceptors (Lipinski definition) is 12. The van der Waals surface area contributed by atoms with Gasteiger partial charge < -0.3 is 44.8 Å². The van der Waals surface area contributed by atoms with Crippen LogP contribution in [-0.2, 0) is 14.3 Å². The monoisotopic (exact) mass is 566 g/mol. The summed E-state index contributed by atoms with van der Waals surface area (Å²) < 4.78 is 31.4. The summed E-state index contributed by atoms with van der Waals surface area (Å²) in [5.41, 5.74) is -3.29. The van der Waals surface area contributed by atoms with E-state index in [-0.39, 0.29) is 16.9 Å². The maximum absolute atomic E-state index is 15.0. The molecule has 40 heavy (non-hydrogen) atoms. The zero-order chi connectivity index (χ0) is 29.3. The molecule has 12 nitrogen and oxygen atoms in total. The van der Waals surface area contributed by atoms with Crippen molar-refractivity contribution in [2.75, 3.05) is 13.7 Å². The molecule has 1 heterocycles. The van der Waals surface area contributed by atoms with Gasteiger partial charge in [0.2, 0.25) is 0 Å². The van der Waals surface area contributed by atoms with Gasteiger partial charge in [-0.1, -0.05) is 12.1 Å². The first-order valence-electron chi connectivity index (χ1n) is 12.9. The third kappa shape index (κ3) is 4.23. The van der Waals surface area contributed by atoms with Crippen LogP contribution in [0.15, 0.2) is 29.3 Å². The first kappa shape index (κ1) is 28.9. The van der Waals surface area contributed by atoms with Crippen molar-refractivity contribution in [1.29, 1.82) is 0 Å². The molecule has 1 saturated carbocycles. The van der Waals surface area contributed by atoms with Gasteiger partial charge in [0.25, 0.3) is 0 Å². The van der Waals surface area contributed by atoms with Crippen LogP contribution in [0.25, 0.3) is 0 Å². The summed E-state index contributed by atoms with van der Waals surface area (Å²) in [4.78, 5) is 39.8. The number of alkyl halides is 1. The third-order valence-corrected chi connectivity index (χ3v) is 8.63. The average Bonchev–Trinajstić information content (AvgIpc) is 2.94. The van der Waals surface area contributed by atoms with E-state index in [0.717, 1.165) is 0 Å². The van der Waals surface area contributed by atoms with Gasteiger partial charge in [-0.25, -0.2) is 4.39 Å². The number of aliphatic hydroxyl groups excluding tert-OH is 5. The van der Waals surface area contributed by atoms with Gasteiger partial charge in [0, 0.05) is 35.0 Å². The van der Waals surface area contributed by atoms with Crippen LogP contribution in [0.5, 0.6) is 5.75 Å². The lowest BCUT2D eigenvalue weighted by atomic mass is 9.57. The number of methoxy groups -OCH3 is 1. The molecule has 1 saturated heterocycles. The van der Waals surface area contributed by atoms with Gasteiger partial charge in [-0.3, -0.25) is 14.4 Å². The molecule has 4 aliphatic rings. The Balaban J connectivity index is 1.59. The van der Waals surface area contributed by atoms with Crippen molar-refractivity contribution < 1.29 is 63.6 Å². The number of aliphatic hydroxyl groups is 6. The Labute approximate surface area is 227 Å². The van der Waals surface area contributed by atoms with Crippen LogP contribution >= 0.6 is 0 Å². The Kier molecular flexibility index (Phi) is 7.46. The van der Waals surface area contributed by atoms with Crippen LogP contribution < -0.4 is 4.74 Å². The van der Waals surface area contributed by atoms with Gasteiger partial charge in [0.05, 0.1) is 37.1 Å². The highest BCUT2D eigenvalue weighted by atomic mass is 19.1. The zero-order valence-corrected chi connectivity index (χ0v) is 21.6. The molecule has 11 atom stereocenters. The minimum Gasteiger partial charge on any atom is -0.496 e. The quantitative estimate of drug-likeness (QED) is 0.244. The molecule has 13 heteroatoms. The number of carbonyl (C=O) groups is 3. The number of fused-ring (bicyclic) bond motifs is 2. The molecular formula is C27H31FO12. The van der Waals surface area contributed by atoms with Gasteiger partial charge >= 0.3 is 0 Å². The van der Waals surface area contributed by atoms with Crippen molar-refractivity contribution in [3.63, 3.8) is 0 Å². The van der Waals surface area contributed by atoms with E-state index < -0.39 is 114 Å². The van der Waals surface area contributed by atoms with Crippen LogP contribution in [0.4, 0.5) is 4.39 Å². The molecule has 0 aromatic heterocycles. The Bertz CT molecular complexity index is 1260. The van der Waals surface area contributed by atoms with E-state index in [1.54, 1.807) is 0 Å². The lowest BCUT2D eigenvalue weighted by Crippen LogP contribution is -2.63. The molecule has 11 unspecified atom stereocenters. The minimum atomic E-state index is -2.31. The summed E-state index contributed by atoms with van der Waals surface area (Å²) in [7, 11) is 1.30. The van der Waals surface area contributed by atoms with Crippen molar-refractivity contribution in [3.8, 4) is 5.75 Å². The second-order valence-corrected chi connectivity index (χ2v) is 10.8. The molecule has 2 fully saturated rings. The fourth-order valence-corrected chi connectivity index (χ4v) is 6.54. The second-order valence-electron chi connectivity index (χ2n) is 10.8. The van der Waals surface area contributed by atoms with Crippen LogP contribution in [0.1, 0.15) is 40.5 Å². The fourth-order valence-electron chi connectivity index (χ4n) is 6.54. The number of halogens is 1. The van der Waals surface area contributed by atoms with E-state index in [1.807, 2.05) is 0 Å². The molecule has 5 rings (SSSR count). The summed E-state index contributed by atoms with van der Waals surface area (Å²) in [5, 5.41) is 63.8. The number of Topliss-reactive ketones (excluding diaryl/α,β-unsaturated/α-hetero) is 3. The van der Waals surface area contributed by atoms with Crippen LogP contribution in [0.2, 0.25) is 0 Å². The van der Waals surface area contributed by atoms with Crippen LogP contribution in [0, 0.1) is 11.8 Å². The molecule has 0 bridgehead atoms. The summed E-state index contributed by atoms with van der Waals surface area (Å²) in [6.07, 6.45) is -14.8. The summed E-state index contributed by atoms with van der Waals surface area (Å²) >= 11 is 0. The van der Waals surface area contributed by atoms with Gasteiger partial charge in [-0.15, -0.1) is 0 Å². The molecule has 3 aliphatic carbocycles. The average molecular weight is 567 g/mol. The van der Waals surface area contributed by atoms with Gasteiger partial charge in [-0.2, -0.15) is 0 Å². The molecular weight excluding hydrogens is 535 g/mol. The lowest BCUT2D eigenvalue weighted by Gasteiger charge is -2.52. The summed E-state index contributed by atoms with van der Waals surface area (Å²) in [5.74, 6) is -5.01. The molecule has 6 N–H and O–H groups in total. The van der Waals surface area contributed by atoms with E-state index >= 15 is 4.39 Å². The first-order chi connectivity index (χ1) is 18.9. The number of rotatable bonds is 5.